The van der Waals surface area contributed by atoms with Crippen molar-refractivity contribution in [2.24, 2.45) is 5.10 Å². The van der Waals surface area contributed by atoms with Gasteiger partial charge in [-0.15, -0.1) is 0 Å². The van der Waals surface area contributed by atoms with Gasteiger partial charge in [-0.2, -0.15) is 5.10 Å². The van der Waals surface area contributed by atoms with E-state index in [1.165, 1.54) is 13.3 Å². The summed E-state index contributed by atoms with van der Waals surface area (Å²) in [6.45, 7) is 0.131. The average Bonchev–Trinajstić information content (AvgIpc) is 3.32. The maximum absolute atomic E-state index is 12.4. The molecule has 9 heteroatoms. The Kier molecular flexibility index (Phi) is 6.40. The number of methoxy groups -OCH3 is 2. The number of nitrogens with one attached hydrogen (secondary N) is 1. The fourth-order valence-electron chi connectivity index (χ4n) is 3.00. The molecule has 0 atom stereocenters. The normalized spacial score (nSPS) is 11.8. The highest BCUT2D eigenvalue weighted by Gasteiger charge is 2.16. The molecule has 0 saturated heterocycles. The molecule has 0 saturated carbocycles. The molecule has 0 radical (unpaired) electrons. The van der Waals surface area contributed by atoms with E-state index < -0.39 is 11.9 Å². The predicted molar refractivity (Wildman–Crippen MR) is 119 cm³/mol. The van der Waals surface area contributed by atoms with E-state index in [2.05, 4.69) is 10.5 Å². The van der Waals surface area contributed by atoms with Crippen LogP contribution in [0.1, 0.15) is 26.3 Å². The largest absolute Gasteiger partial charge is 0.497 e. The van der Waals surface area contributed by atoms with Gasteiger partial charge in [0.25, 0.3) is 5.91 Å². The molecule has 1 N–H and O–H groups in total. The zero-order valence-electron chi connectivity index (χ0n) is 17.9. The molecule has 1 aliphatic rings. The van der Waals surface area contributed by atoms with Crippen molar-refractivity contribution in [3.63, 3.8) is 0 Å². The van der Waals surface area contributed by atoms with Crippen LogP contribution in [0.15, 0.2) is 65.8 Å². The molecule has 3 aromatic carbocycles. The molecular weight excluding hydrogens is 428 g/mol. The van der Waals surface area contributed by atoms with Gasteiger partial charge in [0.15, 0.2) is 23.0 Å². The first-order chi connectivity index (χ1) is 16.1. The molecule has 0 spiro atoms. The molecule has 0 aliphatic carbocycles. The summed E-state index contributed by atoms with van der Waals surface area (Å²) >= 11 is 0. The first-order valence-electron chi connectivity index (χ1n) is 9.84. The molecule has 1 amide bonds. The molecule has 1 heterocycles. The van der Waals surface area contributed by atoms with E-state index in [1.807, 2.05) is 0 Å². The number of carbonyl (C=O) groups is 2. The number of benzene rings is 3. The first kappa shape index (κ1) is 21.7. The van der Waals surface area contributed by atoms with Crippen LogP contribution in [0.4, 0.5) is 0 Å². The van der Waals surface area contributed by atoms with Gasteiger partial charge in [-0.25, -0.2) is 10.2 Å². The Labute approximate surface area is 189 Å². The van der Waals surface area contributed by atoms with Crippen LogP contribution in [0.3, 0.4) is 0 Å². The number of rotatable bonds is 7. The number of amides is 1. The van der Waals surface area contributed by atoms with E-state index in [4.69, 9.17) is 23.7 Å². The highest BCUT2D eigenvalue weighted by Crippen LogP contribution is 2.32. The van der Waals surface area contributed by atoms with Gasteiger partial charge in [0.2, 0.25) is 6.79 Å². The van der Waals surface area contributed by atoms with Crippen molar-refractivity contribution in [2.75, 3.05) is 21.0 Å². The van der Waals surface area contributed by atoms with Crippen LogP contribution in [-0.4, -0.2) is 39.1 Å². The van der Waals surface area contributed by atoms with E-state index in [-0.39, 0.29) is 12.5 Å². The second kappa shape index (κ2) is 9.73. The maximum atomic E-state index is 12.4. The minimum Gasteiger partial charge on any atom is -0.497 e. The third-order valence-corrected chi connectivity index (χ3v) is 4.73. The third-order valence-electron chi connectivity index (χ3n) is 4.73. The molecule has 33 heavy (non-hydrogen) atoms. The summed E-state index contributed by atoms with van der Waals surface area (Å²) < 4.78 is 26.4. The molecule has 0 fully saturated rings. The summed E-state index contributed by atoms with van der Waals surface area (Å²) in [5.74, 6) is 1.39. The lowest BCUT2D eigenvalue weighted by Crippen LogP contribution is -2.17. The quantitative estimate of drug-likeness (QED) is 0.256. The second-order valence-electron chi connectivity index (χ2n) is 6.80. The van der Waals surface area contributed by atoms with Crippen molar-refractivity contribution in [2.45, 2.75) is 0 Å². The number of hydrogen-bond acceptors (Lipinski definition) is 8. The van der Waals surface area contributed by atoms with E-state index in [0.717, 1.165) is 0 Å². The lowest BCUT2D eigenvalue weighted by Gasteiger charge is -2.10. The Morgan fingerprint density at radius 3 is 2.39 bits per heavy atom. The van der Waals surface area contributed by atoms with E-state index >= 15 is 0 Å². The summed E-state index contributed by atoms with van der Waals surface area (Å²) in [5.41, 5.74) is 3.83. The van der Waals surface area contributed by atoms with Crippen molar-refractivity contribution in [1.29, 1.82) is 0 Å². The lowest BCUT2D eigenvalue weighted by molar-refractivity contribution is 0.0729. The van der Waals surface area contributed by atoms with Crippen molar-refractivity contribution < 1.29 is 33.3 Å². The van der Waals surface area contributed by atoms with Gasteiger partial charge in [-0.1, -0.05) is 0 Å². The van der Waals surface area contributed by atoms with E-state index in [9.17, 15) is 9.59 Å². The zero-order valence-corrected chi connectivity index (χ0v) is 17.9. The van der Waals surface area contributed by atoms with Crippen LogP contribution < -0.4 is 29.1 Å². The highest BCUT2D eigenvalue weighted by molar-refractivity contribution is 5.95. The topological polar surface area (TPSA) is 105 Å². The minimum atomic E-state index is -0.534. The number of nitrogens with zero attached hydrogens (tertiary/aromatic N) is 1. The van der Waals surface area contributed by atoms with Crippen molar-refractivity contribution in [3.05, 3.63) is 77.4 Å². The van der Waals surface area contributed by atoms with Gasteiger partial charge in [0.1, 0.15) is 5.75 Å². The smallest absolute Gasteiger partial charge is 0.343 e. The van der Waals surface area contributed by atoms with Crippen LogP contribution in [0.25, 0.3) is 0 Å². The molecule has 0 bridgehead atoms. The van der Waals surface area contributed by atoms with Gasteiger partial charge in [-0.05, 0) is 66.2 Å². The Bertz CT molecular complexity index is 1210. The Morgan fingerprint density at radius 2 is 1.64 bits per heavy atom. The SMILES string of the molecule is COc1ccc(C(=O)Oc2ccc(C=NNC(=O)c3ccc4c(c3)OCO4)cc2OC)cc1. The van der Waals surface area contributed by atoms with E-state index in [0.29, 0.717) is 39.7 Å². The number of carbonyl (C=O) groups excluding carboxylic acids is 2. The maximum Gasteiger partial charge on any atom is 0.343 e. The third kappa shape index (κ3) is 5.04. The molecule has 0 aromatic heterocycles. The fourth-order valence-corrected chi connectivity index (χ4v) is 3.00. The Morgan fingerprint density at radius 1 is 0.879 bits per heavy atom. The minimum absolute atomic E-state index is 0.131. The zero-order chi connectivity index (χ0) is 23.2. The van der Waals surface area contributed by atoms with Gasteiger partial charge in [0, 0.05) is 5.56 Å². The molecule has 4 rings (SSSR count). The Balaban J connectivity index is 1.40. The average molecular weight is 448 g/mol. The number of ether oxygens (including phenoxy) is 5. The number of esters is 1. The summed E-state index contributed by atoms with van der Waals surface area (Å²) in [4.78, 5) is 24.7. The van der Waals surface area contributed by atoms with Crippen molar-refractivity contribution in [3.8, 4) is 28.7 Å². The number of fused-ring (bicyclic) bond motifs is 1. The standard InChI is InChI=1S/C24H20N2O7/c1-29-18-7-4-16(5-8-18)24(28)33-20-9-3-15(11-21(20)30-2)13-25-26-23(27)17-6-10-19-22(12-17)32-14-31-19/h3-13H,14H2,1-2H3,(H,26,27). The fraction of sp³-hybridized carbons (Fsp3) is 0.125. The first-order valence-corrected chi connectivity index (χ1v) is 9.84. The van der Waals surface area contributed by atoms with Gasteiger partial charge < -0.3 is 23.7 Å². The van der Waals surface area contributed by atoms with Crippen LogP contribution >= 0.6 is 0 Å². The monoisotopic (exact) mass is 448 g/mol. The Hall–Kier alpha value is -4.53. The molecular formula is C24H20N2O7. The van der Waals surface area contributed by atoms with Crippen molar-refractivity contribution in [1.82, 2.24) is 5.43 Å². The molecule has 3 aromatic rings. The van der Waals surface area contributed by atoms with Crippen LogP contribution in [0, 0.1) is 0 Å². The predicted octanol–water partition coefficient (Wildman–Crippen LogP) is 3.42. The second-order valence-corrected chi connectivity index (χ2v) is 6.80. The molecule has 0 unspecified atom stereocenters. The van der Waals surface area contributed by atoms with Crippen LogP contribution in [0.2, 0.25) is 0 Å². The summed E-state index contributed by atoms with van der Waals surface area (Å²) in [7, 11) is 3.01. The number of hydrogen-bond donors (Lipinski definition) is 1. The number of hydrazone groups is 1. The van der Waals surface area contributed by atoms with Gasteiger partial charge in [-0.3, -0.25) is 4.79 Å². The van der Waals surface area contributed by atoms with Crippen LogP contribution in [-0.2, 0) is 0 Å². The van der Waals surface area contributed by atoms with Crippen molar-refractivity contribution >= 4 is 18.1 Å². The summed E-state index contributed by atoms with van der Waals surface area (Å²) in [6, 6.07) is 16.3. The summed E-state index contributed by atoms with van der Waals surface area (Å²) in [6.07, 6.45) is 1.45. The highest BCUT2D eigenvalue weighted by atomic mass is 16.7. The molecule has 9 nitrogen and oxygen atoms in total. The lowest BCUT2D eigenvalue weighted by atomic mass is 10.2. The summed E-state index contributed by atoms with van der Waals surface area (Å²) in [5, 5.41) is 3.97. The van der Waals surface area contributed by atoms with E-state index in [1.54, 1.807) is 67.8 Å². The van der Waals surface area contributed by atoms with Crippen LogP contribution in [0.5, 0.6) is 28.7 Å². The molecule has 1 aliphatic heterocycles. The van der Waals surface area contributed by atoms with Gasteiger partial charge in [0.05, 0.1) is 26.0 Å². The van der Waals surface area contributed by atoms with Gasteiger partial charge >= 0.3 is 5.97 Å². The molecule has 168 valence electrons.